The summed E-state index contributed by atoms with van der Waals surface area (Å²) in [5, 5.41) is 17.9. The van der Waals surface area contributed by atoms with Crippen LogP contribution in [0.3, 0.4) is 0 Å². The predicted molar refractivity (Wildman–Crippen MR) is 91.2 cm³/mol. The average molecular weight is 322 g/mol. The van der Waals surface area contributed by atoms with Gasteiger partial charge in [-0.3, -0.25) is 0 Å². The van der Waals surface area contributed by atoms with Crippen LogP contribution in [0.1, 0.15) is 56.9 Å². The third-order valence-corrected chi connectivity index (χ3v) is 4.68. The van der Waals surface area contributed by atoms with Crippen molar-refractivity contribution in [1.82, 2.24) is 0 Å². The van der Waals surface area contributed by atoms with Gasteiger partial charge < -0.3 is 19.7 Å². The van der Waals surface area contributed by atoms with E-state index in [9.17, 15) is 0 Å². The number of aliphatic hydroxyl groups is 2. The van der Waals surface area contributed by atoms with Crippen molar-refractivity contribution in [2.75, 3.05) is 26.4 Å². The highest BCUT2D eigenvalue weighted by Crippen LogP contribution is 2.40. The molecule has 1 saturated carbocycles. The molecular weight excluding hydrogens is 292 g/mol. The first-order valence-electron chi connectivity index (χ1n) is 8.89. The van der Waals surface area contributed by atoms with E-state index in [2.05, 4.69) is 13.0 Å². The van der Waals surface area contributed by atoms with Crippen LogP contribution in [0, 0.1) is 5.92 Å². The molecule has 0 radical (unpaired) electrons. The monoisotopic (exact) mass is 322 g/mol. The molecule has 4 heteroatoms. The molecule has 1 aromatic rings. The zero-order chi connectivity index (χ0) is 16.5. The van der Waals surface area contributed by atoms with E-state index in [1.807, 2.05) is 12.1 Å². The summed E-state index contributed by atoms with van der Waals surface area (Å²) in [4.78, 5) is 0. The van der Waals surface area contributed by atoms with E-state index in [1.54, 1.807) is 0 Å². The molecule has 1 fully saturated rings. The minimum atomic E-state index is -0.0252. The maximum absolute atomic E-state index is 8.99. The number of aliphatic hydroxyl groups excluding tert-OH is 2. The second-order valence-corrected chi connectivity index (χ2v) is 6.36. The maximum atomic E-state index is 8.99. The Morgan fingerprint density at radius 2 is 1.61 bits per heavy atom. The van der Waals surface area contributed by atoms with Crippen molar-refractivity contribution >= 4 is 0 Å². The number of benzene rings is 1. The van der Waals surface area contributed by atoms with Crippen LogP contribution in [0.5, 0.6) is 11.5 Å². The fraction of sp³-hybridized carbons (Fsp3) is 0.684. The van der Waals surface area contributed by atoms with Crippen molar-refractivity contribution in [3.05, 3.63) is 23.8 Å². The van der Waals surface area contributed by atoms with Gasteiger partial charge in [0.1, 0.15) is 13.2 Å². The summed E-state index contributed by atoms with van der Waals surface area (Å²) in [5.41, 5.74) is 1.30. The number of ether oxygens (including phenoxy) is 2. The van der Waals surface area contributed by atoms with Crippen molar-refractivity contribution in [2.45, 2.75) is 51.4 Å². The Hall–Kier alpha value is -1.26. The standard InChI is InChI=1S/C19H30O4/c1-2-3-15-4-6-16(7-5-15)17-8-9-18(22-12-10-20)19(14-17)23-13-11-21/h8-9,14-16,20-21H,2-7,10-13H2,1H3. The van der Waals surface area contributed by atoms with Crippen LogP contribution < -0.4 is 9.47 Å². The predicted octanol–water partition coefficient (Wildman–Crippen LogP) is 3.50. The topological polar surface area (TPSA) is 58.9 Å². The van der Waals surface area contributed by atoms with Gasteiger partial charge in [0.25, 0.3) is 0 Å². The van der Waals surface area contributed by atoms with Crippen molar-refractivity contribution < 1.29 is 19.7 Å². The molecule has 0 bridgehead atoms. The fourth-order valence-corrected chi connectivity index (χ4v) is 3.51. The van der Waals surface area contributed by atoms with Crippen LogP contribution in [0.4, 0.5) is 0 Å². The molecule has 1 aliphatic rings. The SMILES string of the molecule is CCCC1CCC(c2ccc(OCCO)c(OCCO)c2)CC1. The summed E-state index contributed by atoms with van der Waals surface area (Å²) in [6.07, 6.45) is 7.74. The van der Waals surface area contributed by atoms with E-state index in [0.717, 1.165) is 5.92 Å². The summed E-state index contributed by atoms with van der Waals surface area (Å²) >= 11 is 0. The molecule has 2 rings (SSSR count). The quantitative estimate of drug-likeness (QED) is 0.730. The molecule has 23 heavy (non-hydrogen) atoms. The third kappa shape index (κ3) is 5.40. The highest BCUT2D eigenvalue weighted by molar-refractivity contribution is 5.44. The lowest BCUT2D eigenvalue weighted by atomic mass is 9.77. The van der Waals surface area contributed by atoms with Gasteiger partial charge in [0, 0.05) is 0 Å². The van der Waals surface area contributed by atoms with Crippen LogP contribution in [0.25, 0.3) is 0 Å². The van der Waals surface area contributed by atoms with Gasteiger partial charge in [-0.15, -0.1) is 0 Å². The second-order valence-electron chi connectivity index (χ2n) is 6.36. The van der Waals surface area contributed by atoms with E-state index in [-0.39, 0.29) is 26.4 Å². The van der Waals surface area contributed by atoms with Crippen LogP contribution in [0.15, 0.2) is 18.2 Å². The van der Waals surface area contributed by atoms with Gasteiger partial charge in [-0.1, -0.05) is 25.8 Å². The smallest absolute Gasteiger partial charge is 0.161 e. The highest BCUT2D eigenvalue weighted by atomic mass is 16.5. The first-order valence-corrected chi connectivity index (χ1v) is 8.89. The summed E-state index contributed by atoms with van der Waals surface area (Å²) in [7, 11) is 0. The van der Waals surface area contributed by atoms with Crippen molar-refractivity contribution in [3.63, 3.8) is 0 Å². The largest absolute Gasteiger partial charge is 0.487 e. The Kier molecular flexibility index (Phi) is 7.69. The molecule has 0 amide bonds. The molecule has 0 atom stereocenters. The zero-order valence-electron chi connectivity index (χ0n) is 14.2. The van der Waals surface area contributed by atoms with Crippen molar-refractivity contribution in [2.24, 2.45) is 5.92 Å². The zero-order valence-corrected chi connectivity index (χ0v) is 14.2. The number of rotatable bonds is 9. The summed E-state index contributed by atoms with van der Waals surface area (Å²) in [6, 6.07) is 6.09. The molecule has 0 unspecified atom stereocenters. The van der Waals surface area contributed by atoms with E-state index in [4.69, 9.17) is 19.7 Å². The van der Waals surface area contributed by atoms with Gasteiger partial charge in [0.05, 0.1) is 13.2 Å². The second kappa shape index (κ2) is 9.78. The lowest BCUT2D eigenvalue weighted by Gasteiger charge is -2.29. The van der Waals surface area contributed by atoms with Gasteiger partial charge in [0.15, 0.2) is 11.5 Å². The maximum Gasteiger partial charge on any atom is 0.161 e. The van der Waals surface area contributed by atoms with Crippen molar-refractivity contribution in [1.29, 1.82) is 0 Å². The van der Waals surface area contributed by atoms with Gasteiger partial charge in [-0.2, -0.15) is 0 Å². The Morgan fingerprint density at radius 3 is 2.22 bits per heavy atom. The third-order valence-electron chi connectivity index (χ3n) is 4.68. The molecule has 2 N–H and O–H groups in total. The lowest BCUT2D eigenvalue weighted by molar-refractivity contribution is 0.178. The fourth-order valence-electron chi connectivity index (χ4n) is 3.51. The molecule has 0 aromatic heterocycles. The first-order chi connectivity index (χ1) is 11.3. The molecule has 0 heterocycles. The summed E-state index contributed by atoms with van der Waals surface area (Å²) in [6.45, 7) is 2.72. The lowest BCUT2D eigenvalue weighted by Crippen LogP contribution is -2.13. The molecule has 0 saturated heterocycles. The van der Waals surface area contributed by atoms with E-state index in [1.165, 1.54) is 44.1 Å². The van der Waals surface area contributed by atoms with Crippen LogP contribution in [-0.2, 0) is 0 Å². The number of hydrogen-bond acceptors (Lipinski definition) is 4. The van der Waals surface area contributed by atoms with Crippen LogP contribution >= 0.6 is 0 Å². The van der Waals surface area contributed by atoms with E-state index >= 15 is 0 Å². The molecular formula is C19H30O4. The normalized spacial score (nSPS) is 21.2. The molecule has 0 spiro atoms. The molecule has 130 valence electrons. The van der Waals surface area contributed by atoms with E-state index in [0.29, 0.717) is 17.4 Å². The average Bonchev–Trinajstić information content (AvgIpc) is 2.59. The Morgan fingerprint density at radius 1 is 0.957 bits per heavy atom. The molecule has 4 nitrogen and oxygen atoms in total. The Labute approximate surface area is 139 Å². The Balaban J connectivity index is 2.04. The van der Waals surface area contributed by atoms with Gasteiger partial charge >= 0.3 is 0 Å². The summed E-state index contributed by atoms with van der Waals surface area (Å²) < 4.78 is 11.1. The van der Waals surface area contributed by atoms with Gasteiger partial charge in [-0.25, -0.2) is 0 Å². The summed E-state index contributed by atoms with van der Waals surface area (Å²) in [5.74, 6) is 2.79. The molecule has 1 aliphatic carbocycles. The van der Waals surface area contributed by atoms with Crippen LogP contribution in [0.2, 0.25) is 0 Å². The molecule has 0 aliphatic heterocycles. The van der Waals surface area contributed by atoms with E-state index < -0.39 is 0 Å². The minimum Gasteiger partial charge on any atom is -0.487 e. The number of hydrogen-bond donors (Lipinski definition) is 2. The highest BCUT2D eigenvalue weighted by Gasteiger charge is 2.22. The first kappa shape index (κ1) is 18.1. The minimum absolute atomic E-state index is 0.0220. The molecule has 1 aromatic carbocycles. The van der Waals surface area contributed by atoms with Crippen molar-refractivity contribution in [3.8, 4) is 11.5 Å². The van der Waals surface area contributed by atoms with Gasteiger partial charge in [0.2, 0.25) is 0 Å². The van der Waals surface area contributed by atoms with Crippen LogP contribution in [-0.4, -0.2) is 36.6 Å². The Bertz CT molecular complexity index is 453. The van der Waals surface area contributed by atoms with Gasteiger partial charge in [-0.05, 0) is 55.2 Å².